The van der Waals surface area contributed by atoms with Crippen LogP contribution in [-0.4, -0.2) is 21.3 Å². The average molecular weight is 251 g/mol. The van der Waals surface area contributed by atoms with Crippen molar-refractivity contribution in [1.82, 2.24) is 9.61 Å². The number of hydrogen-bond donors (Lipinski definition) is 1. The largest absolute Gasteiger partial charge is 0.384 e. The Morgan fingerprint density at radius 2 is 2.43 bits per heavy atom. The minimum atomic E-state index is -0.134. The van der Waals surface area contributed by atoms with E-state index in [0.29, 0.717) is 0 Å². The lowest BCUT2D eigenvalue weighted by molar-refractivity contribution is 0.350. The van der Waals surface area contributed by atoms with Crippen molar-refractivity contribution in [3.05, 3.63) is 34.6 Å². The van der Waals surface area contributed by atoms with Crippen LogP contribution in [0.5, 0.6) is 0 Å². The van der Waals surface area contributed by atoms with E-state index in [-0.39, 0.29) is 6.61 Å². The zero-order chi connectivity index (χ0) is 9.97. The molecule has 0 amide bonds. The number of nitrogens with zero attached hydrogens (tertiary/aromatic N) is 2. The number of pyridine rings is 1. The lowest BCUT2D eigenvalue weighted by Crippen LogP contribution is -1.84. The van der Waals surface area contributed by atoms with Crippen molar-refractivity contribution < 1.29 is 5.11 Å². The molecule has 0 fully saturated rings. The van der Waals surface area contributed by atoms with Crippen LogP contribution in [0.3, 0.4) is 0 Å². The molecule has 0 aliphatic rings. The predicted molar refractivity (Wildman–Crippen MR) is 56.9 cm³/mol. The topological polar surface area (TPSA) is 37.5 Å². The molecule has 0 saturated carbocycles. The average Bonchev–Trinajstić information content (AvgIpc) is 2.57. The predicted octanol–water partition coefficient (Wildman–Crippen LogP) is 1.44. The summed E-state index contributed by atoms with van der Waals surface area (Å²) in [7, 11) is 0. The van der Waals surface area contributed by atoms with Crippen molar-refractivity contribution in [3.8, 4) is 11.8 Å². The Balaban J connectivity index is 2.61. The standard InChI is InChI=1S/C10H7BrN2O/c11-9-3-4-13-10(6-9)8(7-12-13)2-1-5-14/h3-4,6-7,14H,5H2. The van der Waals surface area contributed by atoms with Crippen LogP contribution in [-0.2, 0) is 0 Å². The zero-order valence-electron chi connectivity index (χ0n) is 7.24. The van der Waals surface area contributed by atoms with Crippen LogP contribution in [0.2, 0.25) is 0 Å². The molecule has 2 aromatic rings. The van der Waals surface area contributed by atoms with Crippen molar-refractivity contribution in [2.75, 3.05) is 6.61 Å². The summed E-state index contributed by atoms with van der Waals surface area (Å²) in [5, 5.41) is 12.7. The van der Waals surface area contributed by atoms with Crippen molar-refractivity contribution >= 4 is 21.4 Å². The number of aromatic nitrogens is 2. The fourth-order valence-electron chi connectivity index (χ4n) is 1.19. The number of rotatable bonds is 0. The van der Waals surface area contributed by atoms with E-state index in [2.05, 4.69) is 32.9 Å². The molecule has 1 N–H and O–H groups in total. The zero-order valence-corrected chi connectivity index (χ0v) is 8.82. The van der Waals surface area contributed by atoms with Gasteiger partial charge in [-0.15, -0.1) is 0 Å². The van der Waals surface area contributed by atoms with Crippen LogP contribution in [0.25, 0.3) is 5.52 Å². The first-order valence-corrected chi connectivity index (χ1v) is 4.83. The van der Waals surface area contributed by atoms with E-state index in [1.165, 1.54) is 0 Å². The molecule has 2 rings (SSSR count). The highest BCUT2D eigenvalue weighted by molar-refractivity contribution is 9.10. The maximum atomic E-state index is 8.58. The first-order chi connectivity index (χ1) is 6.81. The van der Waals surface area contributed by atoms with Gasteiger partial charge in [-0.05, 0) is 12.1 Å². The fraction of sp³-hybridized carbons (Fsp3) is 0.100. The quantitative estimate of drug-likeness (QED) is 0.719. The van der Waals surface area contributed by atoms with Gasteiger partial charge in [0.25, 0.3) is 0 Å². The van der Waals surface area contributed by atoms with E-state index in [4.69, 9.17) is 5.11 Å². The highest BCUT2D eigenvalue weighted by Crippen LogP contribution is 2.15. The van der Waals surface area contributed by atoms with E-state index in [9.17, 15) is 0 Å². The Bertz CT molecular complexity index is 522. The normalized spacial score (nSPS) is 9.86. The summed E-state index contributed by atoms with van der Waals surface area (Å²) in [5.74, 6) is 5.44. The van der Waals surface area contributed by atoms with E-state index < -0.39 is 0 Å². The van der Waals surface area contributed by atoms with Crippen molar-refractivity contribution in [2.45, 2.75) is 0 Å². The first-order valence-electron chi connectivity index (χ1n) is 4.04. The Morgan fingerprint density at radius 1 is 1.57 bits per heavy atom. The first kappa shape index (κ1) is 9.25. The summed E-state index contributed by atoms with van der Waals surface area (Å²) in [5.41, 5.74) is 1.75. The molecular weight excluding hydrogens is 244 g/mol. The lowest BCUT2D eigenvalue weighted by atomic mass is 10.3. The summed E-state index contributed by atoms with van der Waals surface area (Å²) < 4.78 is 2.73. The second-order valence-corrected chi connectivity index (χ2v) is 3.61. The van der Waals surface area contributed by atoms with Gasteiger partial charge in [0.05, 0.1) is 17.3 Å². The molecule has 0 radical (unpaired) electrons. The van der Waals surface area contributed by atoms with Crippen LogP contribution in [0, 0.1) is 11.8 Å². The van der Waals surface area contributed by atoms with E-state index >= 15 is 0 Å². The lowest BCUT2D eigenvalue weighted by Gasteiger charge is -1.93. The van der Waals surface area contributed by atoms with Gasteiger partial charge >= 0.3 is 0 Å². The summed E-state index contributed by atoms with van der Waals surface area (Å²) >= 11 is 3.38. The smallest absolute Gasteiger partial charge is 0.104 e. The van der Waals surface area contributed by atoms with E-state index in [1.807, 2.05) is 18.3 Å². The molecule has 0 aromatic carbocycles. The monoisotopic (exact) mass is 250 g/mol. The molecule has 14 heavy (non-hydrogen) atoms. The molecule has 0 aliphatic carbocycles. The molecule has 2 aromatic heterocycles. The third-order valence-corrected chi connectivity index (χ3v) is 2.28. The molecule has 4 heteroatoms. The molecule has 0 saturated heterocycles. The maximum Gasteiger partial charge on any atom is 0.104 e. The van der Waals surface area contributed by atoms with Crippen LogP contribution < -0.4 is 0 Å². The highest BCUT2D eigenvalue weighted by atomic mass is 79.9. The summed E-state index contributed by atoms with van der Waals surface area (Å²) in [4.78, 5) is 0. The minimum Gasteiger partial charge on any atom is -0.384 e. The van der Waals surface area contributed by atoms with Crippen molar-refractivity contribution in [1.29, 1.82) is 0 Å². The van der Waals surface area contributed by atoms with Crippen LogP contribution in [0.15, 0.2) is 29.0 Å². The third-order valence-electron chi connectivity index (χ3n) is 1.79. The fourth-order valence-corrected chi connectivity index (χ4v) is 1.52. The number of fused-ring (bicyclic) bond motifs is 1. The molecule has 2 heterocycles. The molecule has 0 atom stereocenters. The van der Waals surface area contributed by atoms with Gasteiger partial charge < -0.3 is 5.11 Å². The molecular formula is C10H7BrN2O. The maximum absolute atomic E-state index is 8.58. The second-order valence-electron chi connectivity index (χ2n) is 2.69. The van der Waals surface area contributed by atoms with Gasteiger partial charge in [0, 0.05) is 10.7 Å². The second kappa shape index (κ2) is 3.82. The summed E-state index contributed by atoms with van der Waals surface area (Å²) in [6.45, 7) is -0.134. The SMILES string of the molecule is OCC#Cc1cnn2ccc(Br)cc12. The number of aliphatic hydroxyl groups excluding tert-OH is 1. The Hall–Kier alpha value is -1.31. The third kappa shape index (κ3) is 1.65. The van der Waals surface area contributed by atoms with Crippen molar-refractivity contribution in [3.63, 3.8) is 0 Å². The molecule has 3 nitrogen and oxygen atoms in total. The van der Waals surface area contributed by atoms with Gasteiger partial charge in [0.1, 0.15) is 6.61 Å². The Morgan fingerprint density at radius 3 is 3.21 bits per heavy atom. The molecule has 70 valence electrons. The van der Waals surface area contributed by atoms with Gasteiger partial charge in [0.2, 0.25) is 0 Å². The van der Waals surface area contributed by atoms with Gasteiger partial charge in [-0.3, -0.25) is 0 Å². The molecule has 0 aliphatic heterocycles. The Kier molecular flexibility index (Phi) is 2.53. The van der Waals surface area contributed by atoms with Crippen LogP contribution >= 0.6 is 15.9 Å². The van der Waals surface area contributed by atoms with Gasteiger partial charge in [-0.2, -0.15) is 5.10 Å². The van der Waals surface area contributed by atoms with Gasteiger partial charge in [0.15, 0.2) is 0 Å². The number of halogens is 1. The summed E-state index contributed by atoms with van der Waals surface area (Å²) in [6, 6.07) is 3.84. The van der Waals surface area contributed by atoms with Gasteiger partial charge in [-0.25, -0.2) is 4.52 Å². The van der Waals surface area contributed by atoms with E-state index in [1.54, 1.807) is 10.7 Å². The number of hydrogen-bond acceptors (Lipinski definition) is 2. The van der Waals surface area contributed by atoms with Crippen LogP contribution in [0.4, 0.5) is 0 Å². The van der Waals surface area contributed by atoms with E-state index in [0.717, 1.165) is 15.6 Å². The molecule has 0 bridgehead atoms. The van der Waals surface area contributed by atoms with Crippen molar-refractivity contribution in [2.24, 2.45) is 0 Å². The molecule has 0 unspecified atom stereocenters. The van der Waals surface area contributed by atoms with Gasteiger partial charge in [-0.1, -0.05) is 27.8 Å². The summed E-state index contributed by atoms with van der Waals surface area (Å²) in [6.07, 6.45) is 3.54. The molecule has 0 spiro atoms. The number of aliphatic hydroxyl groups is 1. The highest BCUT2D eigenvalue weighted by Gasteiger charge is 2.00. The van der Waals surface area contributed by atoms with Crippen LogP contribution in [0.1, 0.15) is 5.56 Å². The Labute approximate surface area is 89.5 Å². The minimum absolute atomic E-state index is 0.134.